The molecule has 0 rings (SSSR count). The van der Waals surface area contributed by atoms with Crippen molar-refractivity contribution >= 4 is 11.8 Å². The predicted molar refractivity (Wildman–Crippen MR) is 96.3 cm³/mol. The fraction of sp³-hybridized carbons (Fsp3) is 0.900. The lowest BCUT2D eigenvalue weighted by Gasteiger charge is -2.44. The van der Waals surface area contributed by atoms with Crippen LogP contribution in [0.15, 0.2) is 0 Å². The van der Waals surface area contributed by atoms with Crippen LogP contribution < -0.4 is 0 Å². The van der Waals surface area contributed by atoms with Crippen molar-refractivity contribution in [3.05, 3.63) is 0 Å². The van der Waals surface area contributed by atoms with E-state index in [4.69, 9.17) is 4.74 Å². The van der Waals surface area contributed by atoms with Crippen molar-refractivity contribution in [2.45, 2.75) is 87.5 Å². The Bertz CT molecular complexity index is 380. The van der Waals surface area contributed by atoms with E-state index in [9.17, 15) is 9.59 Å². The summed E-state index contributed by atoms with van der Waals surface area (Å²) in [5.41, 5.74) is -1.02. The summed E-state index contributed by atoms with van der Waals surface area (Å²) in [4.78, 5) is 24.9. The average Bonchev–Trinajstić information content (AvgIpc) is 2.48. The van der Waals surface area contributed by atoms with Gasteiger partial charge in [0.25, 0.3) is 0 Å². The van der Waals surface area contributed by atoms with Gasteiger partial charge in [0.2, 0.25) is 0 Å². The minimum absolute atomic E-state index is 0.0361. The standard InChI is InChI=1S/C20H38O3/c1-9-10-11-12-13-14-23-18(22)16(4)19(5,6)20(7,8)17(21)15(2)3/h15-16H,9-14H2,1-8H3. The number of esters is 1. The van der Waals surface area contributed by atoms with Gasteiger partial charge in [-0.1, -0.05) is 81.1 Å². The number of ether oxygens (including phenoxy) is 1. The van der Waals surface area contributed by atoms with Gasteiger partial charge in [0.05, 0.1) is 12.5 Å². The van der Waals surface area contributed by atoms with Crippen LogP contribution in [-0.2, 0) is 14.3 Å². The van der Waals surface area contributed by atoms with Crippen LogP contribution in [0.5, 0.6) is 0 Å². The number of hydrogen-bond acceptors (Lipinski definition) is 3. The first-order chi connectivity index (χ1) is 10.5. The molecule has 3 nitrogen and oxygen atoms in total. The molecule has 136 valence electrons. The minimum atomic E-state index is -0.569. The monoisotopic (exact) mass is 326 g/mol. The van der Waals surface area contributed by atoms with Crippen LogP contribution in [0, 0.1) is 22.7 Å². The van der Waals surface area contributed by atoms with Gasteiger partial charge < -0.3 is 4.74 Å². The molecule has 0 aromatic heterocycles. The Morgan fingerprint density at radius 3 is 1.91 bits per heavy atom. The van der Waals surface area contributed by atoms with Gasteiger partial charge >= 0.3 is 5.97 Å². The molecule has 0 bridgehead atoms. The largest absolute Gasteiger partial charge is 0.465 e. The molecule has 1 unspecified atom stereocenters. The second kappa shape index (κ2) is 9.44. The highest BCUT2D eigenvalue weighted by atomic mass is 16.5. The third-order valence-corrected chi connectivity index (χ3v) is 5.68. The third kappa shape index (κ3) is 5.93. The maximum Gasteiger partial charge on any atom is 0.309 e. The van der Waals surface area contributed by atoms with E-state index >= 15 is 0 Å². The summed E-state index contributed by atoms with van der Waals surface area (Å²) in [6.07, 6.45) is 5.68. The SMILES string of the molecule is CCCCCCCOC(=O)C(C)C(C)(C)C(C)(C)C(=O)C(C)C. The lowest BCUT2D eigenvalue weighted by Crippen LogP contribution is -2.48. The molecule has 0 aliphatic heterocycles. The Kier molecular flexibility index (Phi) is 9.09. The average molecular weight is 327 g/mol. The molecule has 0 saturated heterocycles. The number of carbonyl (C=O) groups excluding carboxylic acids is 2. The van der Waals surface area contributed by atoms with Gasteiger partial charge in [-0.2, -0.15) is 0 Å². The van der Waals surface area contributed by atoms with Crippen molar-refractivity contribution in [3.63, 3.8) is 0 Å². The zero-order valence-corrected chi connectivity index (χ0v) is 16.6. The van der Waals surface area contributed by atoms with Crippen molar-refractivity contribution in [1.29, 1.82) is 0 Å². The molecule has 0 aromatic carbocycles. The summed E-state index contributed by atoms with van der Waals surface area (Å²) in [6.45, 7) is 16.3. The van der Waals surface area contributed by atoms with Gasteiger partial charge in [-0.3, -0.25) is 9.59 Å². The molecule has 0 amide bonds. The number of unbranched alkanes of at least 4 members (excludes halogenated alkanes) is 4. The summed E-state index contributed by atoms with van der Waals surface area (Å²) >= 11 is 0. The highest BCUT2D eigenvalue weighted by molar-refractivity contribution is 5.87. The van der Waals surface area contributed by atoms with Crippen LogP contribution in [0.4, 0.5) is 0 Å². The third-order valence-electron chi connectivity index (χ3n) is 5.68. The lowest BCUT2D eigenvalue weighted by molar-refractivity contribution is -0.158. The smallest absolute Gasteiger partial charge is 0.309 e. The van der Waals surface area contributed by atoms with Gasteiger partial charge in [-0.25, -0.2) is 0 Å². The highest BCUT2D eigenvalue weighted by Gasteiger charge is 2.49. The molecular weight excluding hydrogens is 288 g/mol. The number of carbonyl (C=O) groups is 2. The van der Waals surface area contributed by atoms with Crippen molar-refractivity contribution in [2.75, 3.05) is 6.61 Å². The molecule has 0 heterocycles. The van der Waals surface area contributed by atoms with E-state index in [1.807, 2.05) is 48.5 Å². The van der Waals surface area contributed by atoms with E-state index in [1.165, 1.54) is 19.3 Å². The van der Waals surface area contributed by atoms with E-state index in [0.717, 1.165) is 12.8 Å². The number of hydrogen-bond donors (Lipinski definition) is 0. The van der Waals surface area contributed by atoms with Crippen molar-refractivity contribution in [1.82, 2.24) is 0 Å². The highest BCUT2D eigenvalue weighted by Crippen LogP contribution is 2.46. The van der Waals surface area contributed by atoms with Gasteiger partial charge in [0, 0.05) is 11.3 Å². The first-order valence-corrected chi connectivity index (χ1v) is 9.21. The van der Waals surface area contributed by atoms with Crippen LogP contribution in [0.3, 0.4) is 0 Å². The molecular formula is C20H38O3. The molecule has 0 spiro atoms. The molecule has 1 atom stereocenters. The quantitative estimate of drug-likeness (QED) is 0.376. The first kappa shape index (κ1) is 22.1. The maximum atomic E-state index is 12.5. The Labute approximate surface area is 143 Å². The van der Waals surface area contributed by atoms with Crippen molar-refractivity contribution in [2.24, 2.45) is 22.7 Å². The molecule has 0 aliphatic carbocycles. The second-order valence-corrected chi connectivity index (χ2v) is 8.17. The topological polar surface area (TPSA) is 43.4 Å². The Morgan fingerprint density at radius 2 is 1.43 bits per heavy atom. The second-order valence-electron chi connectivity index (χ2n) is 8.17. The number of ketones is 1. The van der Waals surface area contributed by atoms with Gasteiger partial charge in [-0.05, 0) is 11.8 Å². The van der Waals surface area contributed by atoms with E-state index in [-0.39, 0.29) is 23.6 Å². The van der Waals surface area contributed by atoms with Gasteiger partial charge in [0.1, 0.15) is 5.78 Å². The Morgan fingerprint density at radius 1 is 0.913 bits per heavy atom. The fourth-order valence-electron chi connectivity index (χ4n) is 2.88. The van der Waals surface area contributed by atoms with Crippen LogP contribution >= 0.6 is 0 Å². The lowest BCUT2D eigenvalue weighted by atomic mass is 9.58. The molecule has 0 radical (unpaired) electrons. The summed E-state index contributed by atoms with van der Waals surface area (Å²) in [5.74, 6) is -0.334. The van der Waals surface area contributed by atoms with Crippen LogP contribution in [0.1, 0.15) is 87.5 Å². The zero-order chi connectivity index (χ0) is 18.3. The van der Waals surface area contributed by atoms with Gasteiger partial charge in [-0.15, -0.1) is 0 Å². The first-order valence-electron chi connectivity index (χ1n) is 9.21. The van der Waals surface area contributed by atoms with Crippen molar-refractivity contribution < 1.29 is 14.3 Å². The van der Waals surface area contributed by atoms with E-state index in [2.05, 4.69) is 6.92 Å². The van der Waals surface area contributed by atoms with Crippen molar-refractivity contribution in [3.8, 4) is 0 Å². The molecule has 0 N–H and O–H groups in total. The van der Waals surface area contributed by atoms with Crippen LogP contribution in [0.25, 0.3) is 0 Å². The molecule has 0 fully saturated rings. The Hall–Kier alpha value is -0.860. The number of rotatable bonds is 11. The summed E-state index contributed by atoms with van der Waals surface area (Å²) in [6, 6.07) is 0. The summed E-state index contributed by atoms with van der Waals surface area (Å²) in [5, 5.41) is 0. The van der Waals surface area contributed by atoms with Crippen LogP contribution in [-0.4, -0.2) is 18.4 Å². The van der Waals surface area contributed by atoms with E-state index in [0.29, 0.717) is 6.61 Å². The normalized spacial score (nSPS) is 14.0. The summed E-state index contributed by atoms with van der Waals surface area (Å²) in [7, 11) is 0. The maximum absolute atomic E-state index is 12.5. The molecule has 0 saturated carbocycles. The minimum Gasteiger partial charge on any atom is -0.465 e. The molecule has 23 heavy (non-hydrogen) atoms. The predicted octanol–water partition coefficient (Wildman–Crippen LogP) is 5.41. The molecule has 0 aromatic rings. The van der Waals surface area contributed by atoms with E-state index < -0.39 is 10.8 Å². The fourth-order valence-corrected chi connectivity index (χ4v) is 2.88. The number of Topliss-reactive ketones (excluding diaryl/α,β-unsaturated/α-hetero) is 1. The van der Waals surface area contributed by atoms with Crippen LogP contribution in [0.2, 0.25) is 0 Å². The van der Waals surface area contributed by atoms with Gasteiger partial charge in [0.15, 0.2) is 0 Å². The van der Waals surface area contributed by atoms with E-state index in [1.54, 1.807) is 0 Å². The molecule has 0 aliphatic rings. The Balaban J connectivity index is 4.63. The summed E-state index contributed by atoms with van der Waals surface area (Å²) < 4.78 is 5.46. The zero-order valence-electron chi connectivity index (χ0n) is 16.6. The molecule has 3 heteroatoms.